The number of hydrogen-bond acceptors (Lipinski definition) is 2. The van der Waals surface area contributed by atoms with E-state index in [0.717, 1.165) is 0 Å². The van der Waals surface area contributed by atoms with Crippen LogP contribution in [-0.4, -0.2) is 26.3 Å². The number of nitrogens with zero attached hydrogens (tertiary/aromatic N) is 1. The average molecular weight is 508 g/mol. The van der Waals surface area contributed by atoms with Crippen molar-refractivity contribution in [3.05, 3.63) is 106 Å². The van der Waals surface area contributed by atoms with E-state index in [1.807, 2.05) is 12.1 Å². The molecular weight excluding hydrogens is 470 g/mol. The maximum absolute atomic E-state index is 9.88. The first kappa shape index (κ1) is 32.7. The van der Waals surface area contributed by atoms with E-state index >= 15 is 0 Å². The molecule has 0 N–H and O–H groups in total. The smallest absolute Gasteiger partial charge is 0.659 e. The van der Waals surface area contributed by atoms with Crippen LogP contribution in [0.25, 0.3) is 4.98 Å². The van der Waals surface area contributed by atoms with Crippen LogP contribution in [0.15, 0.2) is 60.7 Å². The largest absolute Gasteiger partial charge is 4.00 e. The van der Waals surface area contributed by atoms with Gasteiger partial charge >= 0.3 is 21.7 Å². The Kier molecular flexibility index (Phi) is 14.3. The van der Waals surface area contributed by atoms with Crippen LogP contribution in [0.1, 0.15) is 59.6 Å². The second-order valence-electron chi connectivity index (χ2n) is 9.65. The van der Waals surface area contributed by atoms with Crippen molar-refractivity contribution >= 4 is 20.8 Å². The van der Waals surface area contributed by atoms with Crippen molar-refractivity contribution in [3.63, 3.8) is 0 Å². The summed E-state index contributed by atoms with van der Waals surface area (Å²) in [4.78, 5) is 24.9. The van der Waals surface area contributed by atoms with Gasteiger partial charge < -0.3 is 14.6 Å². The molecule has 2 aromatic carbocycles. The van der Waals surface area contributed by atoms with E-state index in [9.17, 15) is 9.59 Å². The first-order chi connectivity index (χ1) is 15.3. The number of hydrogen-bond donors (Lipinski definition) is 0. The molecule has 1 fully saturated rings. The first-order valence-corrected chi connectivity index (χ1v) is 14.1. The Labute approximate surface area is 224 Å². The monoisotopic (exact) mass is 507 g/mol. The van der Waals surface area contributed by atoms with Gasteiger partial charge in [0.15, 0.2) is 0 Å². The van der Waals surface area contributed by atoms with Gasteiger partial charge in [-0.25, -0.2) is 0 Å². The van der Waals surface area contributed by atoms with Gasteiger partial charge in [0, 0.05) is 0 Å². The van der Waals surface area contributed by atoms with Crippen LogP contribution in [0.2, 0.25) is 13.1 Å². The van der Waals surface area contributed by atoms with E-state index in [1.54, 1.807) is 66.6 Å². The molecule has 0 bridgehead atoms. The van der Waals surface area contributed by atoms with Gasteiger partial charge in [-0.15, -0.1) is 29.8 Å². The Balaban J connectivity index is 0.000000533. The number of benzene rings is 2. The summed E-state index contributed by atoms with van der Waals surface area (Å²) in [6.07, 6.45) is 3.55. The van der Waals surface area contributed by atoms with Gasteiger partial charge in [0.2, 0.25) is 0 Å². The third kappa shape index (κ3) is 10.5. The average Bonchev–Trinajstić information content (AvgIpc) is 2.97. The van der Waals surface area contributed by atoms with Gasteiger partial charge in [-0.2, -0.15) is 35.4 Å². The zero-order chi connectivity index (χ0) is 25.2. The molecule has 0 saturated heterocycles. The van der Waals surface area contributed by atoms with Gasteiger partial charge in [0.05, 0.1) is 12.6 Å². The van der Waals surface area contributed by atoms with Gasteiger partial charge in [-0.05, 0) is 29.2 Å². The fourth-order valence-corrected chi connectivity index (χ4v) is 8.04. The fraction of sp³-hybridized carbons (Fsp3) is 0.345. The molecule has 5 radical (unpaired) electrons. The minimum Gasteiger partial charge on any atom is -0.659 e. The van der Waals surface area contributed by atoms with E-state index in [1.165, 1.54) is 23.7 Å². The summed E-state index contributed by atoms with van der Waals surface area (Å²) in [5.74, 6) is 5.87. The molecule has 0 amide bonds. The van der Waals surface area contributed by atoms with Crippen molar-refractivity contribution in [2.75, 3.05) is 0 Å². The first-order valence-electron chi connectivity index (χ1n) is 11.2. The van der Waals surface area contributed by atoms with Crippen molar-refractivity contribution in [2.45, 2.75) is 67.1 Å². The summed E-state index contributed by atoms with van der Waals surface area (Å²) in [6, 6.07) is 17.8. The van der Waals surface area contributed by atoms with E-state index in [4.69, 9.17) is 4.98 Å². The predicted octanol–water partition coefficient (Wildman–Crippen LogP) is 7.15. The van der Waals surface area contributed by atoms with Crippen LogP contribution < -0.4 is 0 Å². The van der Waals surface area contributed by atoms with Crippen molar-refractivity contribution < 1.29 is 31.3 Å². The molecule has 177 valence electrons. The summed E-state index contributed by atoms with van der Waals surface area (Å²) in [5.41, 5.74) is 2.83. The summed E-state index contributed by atoms with van der Waals surface area (Å²) in [5, 5.41) is 0. The molecule has 2 aromatic rings. The van der Waals surface area contributed by atoms with E-state index in [0.29, 0.717) is 11.1 Å². The van der Waals surface area contributed by atoms with Crippen molar-refractivity contribution in [1.82, 2.24) is 0 Å². The van der Waals surface area contributed by atoms with Crippen molar-refractivity contribution in [2.24, 2.45) is 0 Å². The second kappa shape index (κ2) is 14.9. The van der Waals surface area contributed by atoms with Gasteiger partial charge in [0.25, 0.3) is 0 Å². The van der Waals surface area contributed by atoms with E-state index in [2.05, 4.69) is 61.6 Å². The van der Waals surface area contributed by atoms with Crippen LogP contribution in [-0.2, 0) is 31.3 Å². The van der Waals surface area contributed by atoms with Crippen LogP contribution in [0.3, 0.4) is 0 Å². The molecule has 0 spiro atoms. The zero-order valence-corrected chi connectivity index (χ0v) is 24.6. The Morgan fingerprint density at radius 3 is 1.21 bits per heavy atom. The zero-order valence-electron chi connectivity index (χ0n) is 22.0. The molecule has 3 nitrogen and oxygen atoms in total. The normalized spacial score (nSPS) is 15.9. The van der Waals surface area contributed by atoms with Crippen LogP contribution in [0, 0.1) is 29.2 Å². The van der Waals surface area contributed by atoms with Gasteiger partial charge in [0.1, 0.15) is 0 Å². The molecule has 1 saturated carbocycles. The quantitative estimate of drug-likeness (QED) is 0.326. The third-order valence-electron chi connectivity index (χ3n) is 5.45. The molecule has 0 heterocycles. The van der Waals surface area contributed by atoms with Crippen LogP contribution >= 0.6 is 0 Å². The second-order valence-corrected chi connectivity index (χ2v) is 13.5. The maximum atomic E-state index is 9.88. The van der Waals surface area contributed by atoms with E-state index in [-0.39, 0.29) is 27.3 Å². The number of rotatable bonds is 4. The van der Waals surface area contributed by atoms with Gasteiger partial charge in [-0.3, -0.25) is 0 Å². The van der Waals surface area contributed by atoms with E-state index < -0.39 is 8.24 Å². The molecular formula is C29H37NO2SiTi+. The Hall–Kier alpha value is -1.33. The Morgan fingerprint density at radius 1 is 0.647 bits per heavy atom. The minimum atomic E-state index is -1.69. The van der Waals surface area contributed by atoms with Crippen molar-refractivity contribution in [3.8, 4) is 0 Å². The summed E-state index contributed by atoms with van der Waals surface area (Å²) < 4.78 is 0. The molecule has 0 aromatic heterocycles. The molecule has 34 heavy (non-hydrogen) atoms. The molecule has 0 aliphatic heterocycles. The standard InChI is InChI=1S/C15H27NSi.2C7H5O.Ti/c1-10-11(2)13(4)14(12(10)3)17(8,9)16-15(5,6)7;2*8-6-7-4-2-1-3-5-7;/h1-9H3;2*1-5H;/q3*-1;+4. The third-order valence-corrected chi connectivity index (χ3v) is 8.65. The predicted molar refractivity (Wildman–Crippen MR) is 142 cm³/mol. The van der Waals surface area contributed by atoms with Gasteiger partial charge in [-0.1, -0.05) is 81.9 Å². The number of carbonyl (C=O) groups excluding carboxylic acids is 2. The summed E-state index contributed by atoms with van der Waals surface area (Å²) >= 11 is 0. The summed E-state index contributed by atoms with van der Waals surface area (Å²) in [7, 11) is -1.69. The van der Waals surface area contributed by atoms with Crippen LogP contribution in [0.5, 0.6) is 0 Å². The van der Waals surface area contributed by atoms with Crippen molar-refractivity contribution in [1.29, 1.82) is 0 Å². The molecule has 0 unspecified atom stereocenters. The molecule has 5 heteroatoms. The SMILES string of the molecule is C[C]1[C](C)[C](C)[C]([Si](C)(C)[N-]C(C)(C)C)[C]1C.O=[C-]c1ccccc1.O=[C-]c1ccccc1.[Ti+4]. The molecule has 0 atom stereocenters. The molecule has 1 aliphatic carbocycles. The van der Waals surface area contributed by atoms with Crippen LogP contribution in [0.4, 0.5) is 0 Å². The maximum Gasteiger partial charge on any atom is 4.00 e. The molecule has 1 aliphatic rings. The fourth-order valence-electron chi connectivity index (χ4n) is 4.04. The topological polar surface area (TPSA) is 48.2 Å². The summed E-state index contributed by atoms with van der Waals surface area (Å²) in [6.45, 7) is 20.3. The Bertz CT molecular complexity index is 779. The molecule has 3 rings (SSSR count). The minimum absolute atomic E-state index is 0. The Morgan fingerprint density at radius 2 is 0.971 bits per heavy atom.